The first-order chi connectivity index (χ1) is 8.33. The Morgan fingerprint density at radius 3 is 2.56 bits per heavy atom. The first-order valence-electron chi connectivity index (χ1n) is 7.05. The van der Waals surface area contributed by atoms with Crippen LogP contribution < -0.4 is 10.6 Å². The summed E-state index contributed by atoms with van der Waals surface area (Å²) in [5, 5.41) is 6.57. The molecule has 1 aliphatic heterocycles. The van der Waals surface area contributed by atoms with Crippen molar-refractivity contribution in [3.8, 4) is 0 Å². The number of alkyl carbamates (subject to hydrolysis) is 1. The second-order valence-corrected chi connectivity index (χ2v) is 6.82. The van der Waals surface area contributed by atoms with Gasteiger partial charge in [0.1, 0.15) is 5.60 Å². The number of ether oxygens (including phenoxy) is 1. The molecule has 2 fully saturated rings. The predicted octanol–water partition coefficient (Wildman–Crippen LogP) is 2.29. The molecule has 3 atom stereocenters. The fraction of sp³-hybridized carbons (Fsp3) is 0.929. The van der Waals surface area contributed by atoms with Crippen molar-refractivity contribution in [3.63, 3.8) is 0 Å². The van der Waals surface area contributed by atoms with Crippen LogP contribution in [0.5, 0.6) is 0 Å². The van der Waals surface area contributed by atoms with Crippen LogP contribution in [0.25, 0.3) is 0 Å². The van der Waals surface area contributed by atoms with Crippen LogP contribution in [0, 0.1) is 11.8 Å². The lowest BCUT2D eigenvalue weighted by Crippen LogP contribution is -2.50. The second kappa shape index (κ2) is 4.72. The third-order valence-corrected chi connectivity index (χ3v) is 4.12. The van der Waals surface area contributed by atoms with E-state index in [4.69, 9.17) is 4.74 Å². The second-order valence-electron chi connectivity index (χ2n) is 6.82. The van der Waals surface area contributed by atoms with Gasteiger partial charge in [-0.1, -0.05) is 6.92 Å². The number of amides is 1. The van der Waals surface area contributed by atoms with Crippen LogP contribution in [-0.2, 0) is 4.74 Å². The molecule has 18 heavy (non-hydrogen) atoms. The van der Waals surface area contributed by atoms with E-state index in [1.807, 2.05) is 20.8 Å². The average Bonchev–Trinajstić information content (AvgIpc) is 2.88. The standard InChI is InChI=1S/C14H26N2O2/c1-10-8-14(10,11-6-5-7-15-9-11)16-12(17)18-13(2,3)4/h10-11,15H,5-9H2,1-4H3,(H,16,17). The molecule has 0 bridgehead atoms. The van der Waals surface area contributed by atoms with Crippen molar-refractivity contribution >= 4 is 6.09 Å². The van der Waals surface area contributed by atoms with Crippen molar-refractivity contribution in [2.75, 3.05) is 13.1 Å². The minimum absolute atomic E-state index is 0.0181. The Morgan fingerprint density at radius 2 is 2.11 bits per heavy atom. The molecule has 1 saturated carbocycles. The molecule has 0 spiro atoms. The molecule has 4 nitrogen and oxygen atoms in total. The molecule has 104 valence electrons. The lowest BCUT2D eigenvalue weighted by molar-refractivity contribution is 0.0459. The Hall–Kier alpha value is -0.770. The molecule has 1 heterocycles. The van der Waals surface area contributed by atoms with E-state index >= 15 is 0 Å². The number of hydrogen-bond donors (Lipinski definition) is 2. The number of carbonyl (C=O) groups is 1. The highest BCUT2D eigenvalue weighted by atomic mass is 16.6. The molecule has 0 aromatic rings. The van der Waals surface area contributed by atoms with Crippen LogP contribution in [-0.4, -0.2) is 30.3 Å². The zero-order chi connectivity index (χ0) is 13.4. The summed E-state index contributed by atoms with van der Waals surface area (Å²) >= 11 is 0. The topological polar surface area (TPSA) is 50.4 Å². The summed E-state index contributed by atoms with van der Waals surface area (Å²) in [7, 11) is 0. The minimum atomic E-state index is -0.422. The summed E-state index contributed by atoms with van der Waals surface area (Å²) < 4.78 is 5.38. The molecule has 1 amide bonds. The average molecular weight is 254 g/mol. The Kier molecular flexibility index (Phi) is 3.58. The first kappa shape index (κ1) is 13.7. The summed E-state index contributed by atoms with van der Waals surface area (Å²) in [6.45, 7) is 10.0. The molecule has 4 heteroatoms. The van der Waals surface area contributed by atoms with Gasteiger partial charge in [-0.15, -0.1) is 0 Å². The van der Waals surface area contributed by atoms with E-state index in [1.165, 1.54) is 12.8 Å². The zero-order valence-corrected chi connectivity index (χ0v) is 12.0. The smallest absolute Gasteiger partial charge is 0.408 e. The van der Waals surface area contributed by atoms with Crippen LogP contribution >= 0.6 is 0 Å². The summed E-state index contributed by atoms with van der Waals surface area (Å²) in [4.78, 5) is 11.9. The minimum Gasteiger partial charge on any atom is -0.444 e. The third-order valence-electron chi connectivity index (χ3n) is 4.12. The van der Waals surface area contributed by atoms with Crippen molar-refractivity contribution < 1.29 is 9.53 Å². The quantitative estimate of drug-likeness (QED) is 0.795. The maximum atomic E-state index is 11.9. The van der Waals surface area contributed by atoms with Gasteiger partial charge in [0, 0.05) is 6.54 Å². The largest absolute Gasteiger partial charge is 0.444 e. The maximum absolute atomic E-state index is 11.9. The number of nitrogens with one attached hydrogen (secondary N) is 2. The Balaban J connectivity index is 1.94. The molecule has 2 aliphatic rings. The van der Waals surface area contributed by atoms with E-state index in [0.717, 1.165) is 19.5 Å². The Bertz CT molecular complexity index is 318. The number of piperidine rings is 1. The Labute approximate surface area is 110 Å². The molecule has 1 aliphatic carbocycles. The van der Waals surface area contributed by atoms with Gasteiger partial charge < -0.3 is 15.4 Å². The molecule has 0 aromatic carbocycles. The monoisotopic (exact) mass is 254 g/mol. The van der Waals surface area contributed by atoms with Gasteiger partial charge >= 0.3 is 6.09 Å². The normalized spacial score (nSPS) is 36.0. The maximum Gasteiger partial charge on any atom is 0.408 e. The summed E-state index contributed by atoms with van der Waals surface area (Å²) in [5.74, 6) is 1.11. The van der Waals surface area contributed by atoms with Crippen LogP contribution in [0.2, 0.25) is 0 Å². The summed E-state index contributed by atoms with van der Waals surface area (Å²) in [6, 6.07) is 0. The van der Waals surface area contributed by atoms with Gasteiger partial charge in [0.2, 0.25) is 0 Å². The molecule has 2 N–H and O–H groups in total. The zero-order valence-electron chi connectivity index (χ0n) is 12.0. The van der Waals surface area contributed by atoms with E-state index < -0.39 is 5.60 Å². The van der Waals surface area contributed by atoms with Gasteiger partial charge in [-0.2, -0.15) is 0 Å². The molecular formula is C14H26N2O2. The van der Waals surface area contributed by atoms with Crippen LogP contribution in [0.15, 0.2) is 0 Å². The van der Waals surface area contributed by atoms with Crippen molar-refractivity contribution in [3.05, 3.63) is 0 Å². The lowest BCUT2D eigenvalue weighted by Gasteiger charge is -2.33. The van der Waals surface area contributed by atoms with E-state index in [2.05, 4.69) is 17.6 Å². The van der Waals surface area contributed by atoms with Gasteiger partial charge in [-0.3, -0.25) is 0 Å². The lowest BCUT2D eigenvalue weighted by atomic mass is 9.88. The Morgan fingerprint density at radius 1 is 1.44 bits per heavy atom. The molecule has 2 rings (SSSR count). The highest BCUT2D eigenvalue weighted by Gasteiger charge is 2.57. The molecule has 1 saturated heterocycles. The molecular weight excluding hydrogens is 228 g/mol. The number of carbonyl (C=O) groups excluding carboxylic acids is 1. The summed E-state index contributed by atoms with van der Waals surface area (Å²) in [6.07, 6.45) is 3.22. The molecule has 0 radical (unpaired) electrons. The van der Waals surface area contributed by atoms with Crippen LogP contribution in [0.4, 0.5) is 4.79 Å². The summed E-state index contributed by atoms with van der Waals surface area (Å²) in [5.41, 5.74) is -0.441. The highest BCUT2D eigenvalue weighted by Crippen LogP contribution is 2.50. The SMILES string of the molecule is CC1CC1(NC(=O)OC(C)(C)C)C1CCCNC1. The van der Waals surface area contributed by atoms with E-state index in [0.29, 0.717) is 11.8 Å². The number of rotatable bonds is 2. The van der Waals surface area contributed by atoms with Crippen molar-refractivity contribution in [2.24, 2.45) is 11.8 Å². The highest BCUT2D eigenvalue weighted by molar-refractivity contribution is 5.69. The van der Waals surface area contributed by atoms with Crippen molar-refractivity contribution in [1.82, 2.24) is 10.6 Å². The van der Waals surface area contributed by atoms with Gasteiger partial charge in [0.25, 0.3) is 0 Å². The van der Waals surface area contributed by atoms with Gasteiger partial charge in [0.15, 0.2) is 0 Å². The van der Waals surface area contributed by atoms with Crippen LogP contribution in [0.3, 0.4) is 0 Å². The van der Waals surface area contributed by atoms with Crippen LogP contribution in [0.1, 0.15) is 47.0 Å². The number of hydrogen-bond acceptors (Lipinski definition) is 3. The van der Waals surface area contributed by atoms with E-state index in [1.54, 1.807) is 0 Å². The predicted molar refractivity (Wildman–Crippen MR) is 71.5 cm³/mol. The first-order valence-corrected chi connectivity index (χ1v) is 7.05. The fourth-order valence-electron chi connectivity index (χ4n) is 3.08. The molecule has 3 unspecified atom stereocenters. The third kappa shape index (κ3) is 2.97. The van der Waals surface area contributed by atoms with Gasteiger partial charge in [-0.25, -0.2) is 4.79 Å². The van der Waals surface area contributed by atoms with E-state index in [-0.39, 0.29) is 11.6 Å². The fourth-order valence-corrected chi connectivity index (χ4v) is 3.08. The van der Waals surface area contributed by atoms with Crippen molar-refractivity contribution in [2.45, 2.75) is 58.1 Å². The molecule has 0 aromatic heterocycles. The van der Waals surface area contributed by atoms with Gasteiger partial charge in [-0.05, 0) is 58.4 Å². The van der Waals surface area contributed by atoms with E-state index in [9.17, 15) is 4.79 Å². The van der Waals surface area contributed by atoms with Crippen molar-refractivity contribution in [1.29, 1.82) is 0 Å². The van der Waals surface area contributed by atoms with Gasteiger partial charge in [0.05, 0.1) is 5.54 Å².